The van der Waals surface area contributed by atoms with Crippen molar-refractivity contribution in [1.82, 2.24) is 0 Å². The number of aliphatic hydroxyl groups excluding tert-OH is 1. The molecule has 0 heterocycles. The predicted octanol–water partition coefficient (Wildman–Crippen LogP) is 1.65. The summed E-state index contributed by atoms with van der Waals surface area (Å²) in [6.07, 6.45) is 6.71. The van der Waals surface area contributed by atoms with Crippen LogP contribution in [0.3, 0.4) is 0 Å². The molecule has 0 saturated heterocycles. The highest BCUT2D eigenvalue weighted by atomic mass is 16.4. The molecular formula is C21H26O6. The molecule has 4 aliphatic carbocycles. The molecular weight excluding hydrogens is 348 g/mol. The smallest absolute Gasteiger partial charge is 0.375 e. The van der Waals surface area contributed by atoms with E-state index in [4.69, 9.17) is 0 Å². The molecule has 0 unspecified atom stereocenters. The minimum absolute atomic E-state index is 0.0293. The number of hydrogen-bond acceptors (Lipinski definition) is 5. The van der Waals surface area contributed by atoms with Gasteiger partial charge in [0.1, 0.15) is 5.60 Å². The average molecular weight is 374 g/mol. The van der Waals surface area contributed by atoms with Crippen LogP contribution < -0.4 is 0 Å². The summed E-state index contributed by atoms with van der Waals surface area (Å²) in [5.74, 6) is -2.90. The van der Waals surface area contributed by atoms with Crippen LogP contribution in [-0.2, 0) is 14.4 Å². The van der Waals surface area contributed by atoms with Gasteiger partial charge in [-0.25, -0.2) is 4.79 Å². The van der Waals surface area contributed by atoms with Crippen molar-refractivity contribution in [2.75, 3.05) is 0 Å². The van der Waals surface area contributed by atoms with Crippen LogP contribution in [0.25, 0.3) is 0 Å². The van der Waals surface area contributed by atoms with Gasteiger partial charge in [0.2, 0.25) is 0 Å². The lowest BCUT2D eigenvalue weighted by Crippen LogP contribution is -2.62. The van der Waals surface area contributed by atoms with E-state index in [1.807, 2.05) is 13.0 Å². The van der Waals surface area contributed by atoms with Gasteiger partial charge in [-0.15, -0.1) is 0 Å². The van der Waals surface area contributed by atoms with Crippen molar-refractivity contribution in [3.63, 3.8) is 0 Å². The summed E-state index contributed by atoms with van der Waals surface area (Å²) in [5, 5.41) is 31.4. The number of ketones is 2. The molecule has 3 fully saturated rings. The number of rotatable bonds is 2. The molecule has 7 atom stereocenters. The number of carbonyl (C=O) groups excluding carboxylic acids is 2. The second kappa shape index (κ2) is 5.61. The first-order valence-electron chi connectivity index (χ1n) is 9.67. The maximum absolute atomic E-state index is 12.3. The summed E-state index contributed by atoms with van der Waals surface area (Å²) < 4.78 is 0. The SMILES string of the molecule is C[C@]12C=CC(=O)C=C1CC[C@@H]1[C@@H]2[C@@H](O)C[C@@]2(C)[C@H]1CC[C@@]2(O)C(=O)C(=O)O. The van der Waals surface area contributed by atoms with E-state index in [1.165, 1.54) is 0 Å². The third-order valence-electron chi connectivity index (χ3n) is 8.22. The Bertz CT molecular complexity index is 796. The van der Waals surface area contributed by atoms with E-state index >= 15 is 0 Å². The van der Waals surface area contributed by atoms with Crippen LogP contribution in [0, 0.1) is 28.6 Å². The number of carboxylic acids is 1. The van der Waals surface area contributed by atoms with E-state index < -0.39 is 34.3 Å². The molecule has 3 N–H and O–H groups in total. The molecule has 4 aliphatic rings. The van der Waals surface area contributed by atoms with E-state index in [9.17, 15) is 29.7 Å². The lowest BCUT2D eigenvalue weighted by molar-refractivity contribution is -0.183. The van der Waals surface area contributed by atoms with Gasteiger partial charge in [-0.1, -0.05) is 25.5 Å². The molecule has 3 saturated carbocycles. The number of carboxylic acid groups (broad SMARTS) is 1. The van der Waals surface area contributed by atoms with Crippen molar-refractivity contribution in [3.8, 4) is 0 Å². The van der Waals surface area contributed by atoms with Gasteiger partial charge in [-0.05, 0) is 56.1 Å². The number of hydrogen-bond donors (Lipinski definition) is 3. The molecule has 0 aromatic heterocycles. The van der Waals surface area contributed by atoms with Gasteiger partial charge in [-0.3, -0.25) is 9.59 Å². The van der Waals surface area contributed by atoms with E-state index in [2.05, 4.69) is 0 Å². The topological polar surface area (TPSA) is 112 Å². The zero-order valence-corrected chi connectivity index (χ0v) is 15.6. The Morgan fingerprint density at radius 1 is 1.22 bits per heavy atom. The van der Waals surface area contributed by atoms with E-state index in [-0.39, 0.29) is 36.4 Å². The Kier molecular flexibility index (Phi) is 3.86. The van der Waals surface area contributed by atoms with Gasteiger partial charge in [0, 0.05) is 16.7 Å². The molecule has 0 aromatic carbocycles. The van der Waals surface area contributed by atoms with Crippen LogP contribution in [0.1, 0.15) is 46.0 Å². The highest BCUT2D eigenvalue weighted by Gasteiger charge is 2.69. The van der Waals surface area contributed by atoms with Crippen LogP contribution in [0.2, 0.25) is 0 Å². The number of fused-ring (bicyclic) bond motifs is 5. The predicted molar refractivity (Wildman–Crippen MR) is 95.6 cm³/mol. The normalized spacial score (nSPS) is 48.3. The third kappa shape index (κ3) is 2.23. The largest absolute Gasteiger partial charge is 0.475 e. The van der Waals surface area contributed by atoms with E-state index in [0.29, 0.717) is 6.42 Å². The van der Waals surface area contributed by atoms with Gasteiger partial charge in [-0.2, -0.15) is 0 Å². The number of carbonyl (C=O) groups is 3. The Hall–Kier alpha value is -1.79. The first kappa shape index (κ1) is 18.6. The molecule has 0 bridgehead atoms. The van der Waals surface area contributed by atoms with Crippen molar-refractivity contribution in [2.45, 2.75) is 57.7 Å². The Morgan fingerprint density at radius 3 is 2.59 bits per heavy atom. The monoisotopic (exact) mass is 374 g/mol. The maximum atomic E-state index is 12.3. The van der Waals surface area contributed by atoms with E-state index in [0.717, 1.165) is 18.4 Å². The first-order valence-corrected chi connectivity index (χ1v) is 9.67. The molecule has 0 aromatic rings. The highest BCUT2D eigenvalue weighted by molar-refractivity contribution is 6.36. The van der Waals surface area contributed by atoms with Crippen molar-refractivity contribution >= 4 is 17.5 Å². The van der Waals surface area contributed by atoms with Crippen LogP contribution in [0.4, 0.5) is 0 Å². The van der Waals surface area contributed by atoms with Gasteiger partial charge in [0.15, 0.2) is 5.78 Å². The summed E-state index contributed by atoms with van der Waals surface area (Å²) in [7, 11) is 0. The minimum atomic E-state index is -1.94. The number of aliphatic hydroxyl groups is 2. The molecule has 27 heavy (non-hydrogen) atoms. The molecule has 0 amide bonds. The van der Waals surface area contributed by atoms with Crippen molar-refractivity contribution in [3.05, 3.63) is 23.8 Å². The lowest BCUT2D eigenvalue weighted by Gasteiger charge is -2.59. The van der Waals surface area contributed by atoms with Crippen LogP contribution in [0.5, 0.6) is 0 Å². The molecule has 6 nitrogen and oxygen atoms in total. The van der Waals surface area contributed by atoms with Crippen molar-refractivity contribution in [1.29, 1.82) is 0 Å². The molecule has 0 aliphatic heterocycles. The molecule has 0 spiro atoms. The van der Waals surface area contributed by atoms with Crippen LogP contribution in [0.15, 0.2) is 23.8 Å². The molecule has 6 heteroatoms. The van der Waals surface area contributed by atoms with Crippen molar-refractivity contribution in [2.24, 2.45) is 28.6 Å². The lowest BCUT2D eigenvalue weighted by atomic mass is 9.46. The van der Waals surface area contributed by atoms with Crippen molar-refractivity contribution < 1.29 is 29.7 Å². The fourth-order valence-electron chi connectivity index (χ4n) is 6.88. The molecule has 0 radical (unpaired) electrons. The van der Waals surface area contributed by atoms with Gasteiger partial charge in [0.25, 0.3) is 5.78 Å². The summed E-state index contributed by atoms with van der Waals surface area (Å²) in [6.45, 7) is 3.81. The molecule has 4 rings (SSSR count). The second-order valence-corrected chi connectivity index (χ2v) is 9.24. The van der Waals surface area contributed by atoms with Gasteiger partial charge < -0.3 is 15.3 Å². The number of allylic oxidation sites excluding steroid dienone is 4. The Labute approximate surface area is 158 Å². The molecule has 146 valence electrons. The second-order valence-electron chi connectivity index (χ2n) is 9.24. The highest BCUT2D eigenvalue weighted by Crippen LogP contribution is 2.67. The summed E-state index contributed by atoms with van der Waals surface area (Å²) in [5.41, 5.74) is -2.29. The third-order valence-corrected chi connectivity index (χ3v) is 8.22. The van der Waals surface area contributed by atoms with Gasteiger partial charge in [0.05, 0.1) is 6.10 Å². The Balaban J connectivity index is 1.75. The summed E-state index contributed by atoms with van der Waals surface area (Å²) in [6, 6.07) is 0. The average Bonchev–Trinajstić information content (AvgIpc) is 2.86. The van der Waals surface area contributed by atoms with Crippen LogP contribution in [-0.4, -0.2) is 44.6 Å². The standard InChI is InChI=1S/C21H26O6/c1-19-7-5-12(22)9-11(19)3-4-13-14-6-8-21(27,17(24)18(25)26)20(14,2)10-15(23)16(13)19/h5,7,9,13-16,23,27H,3-4,6,8,10H2,1-2H3,(H,25,26)/t13-,14-,15-,16+,19-,20-,21+/m0/s1. The van der Waals surface area contributed by atoms with Gasteiger partial charge >= 0.3 is 5.97 Å². The minimum Gasteiger partial charge on any atom is -0.475 e. The zero-order chi connectivity index (χ0) is 19.8. The fourth-order valence-corrected chi connectivity index (χ4v) is 6.88. The maximum Gasteiger partial charge on any atom is 0.375 e. The first-order chi connectivity index (χ1) is 12.5. The fraction of sp³-hybridized carbons (Fsp3) is 0.667. The van der Waals surface area contributed by atoms with Crippen LogP contribution >= 0.6 is 0 Å². The zero-order valence-electron chi connectivity index (χ0n) is 15.6. The quantitative estimate of drug-likeness (QED) is 0.634. The van der Waals surface area contributed by atoms with E-state index in [1.54, 1.807) is 19.1 Å². The summed E-state index contributed by atoms with van der Waals surface area (Å²) in [4.78, 5) is 35.5. The Morgan fingerprint density at radius 2 is 1.93 bits per heavy atom. The number of Topliss-reactive ketones (excluding diaryl/α,β-unsaturated/α-hetero) is 1. The number of aliphatic carboxylic acids is 1. The summed E-state index contributed by atoms with van der Waals surface area (Å²) >= 11 is 0.